The number of rotatable bonds is 10. The molecule has 3 heteroatoms. The van der Waals surface area contributed by atoms with E-state index in [-0.39, 0.29) is 10.8 Å². The molecule has 0 fully saturated rings. The van der Waals surface area contributed by atoms with Crippen molar-refractivity contribution in [2.75, 3.05) is 6.54 Å². The minimum atomic E-state index is -0.337. The molecule has 2 unspecified atom stereocenters. The molecule has 1 aromatic carbocycles. The van der Waals surface area contributed by atoms with Gasteiger partial charge in [-0.25, -0.2) is 4.39 Å². The first-order chi connectivity index (χ1) is 10.1. The van der Waals surface area contributed by atoms with Gasteiger partial charge in [0.05, 0.1) is 5.02 Å². The highest BCUT2D eigenvalue weighted by molar-refractivity contribution is 6.30. The molecule has 0 aliphatic carbocycles. The van der Waals surface area contributed by atoms with E-state index in [1.54, 1.807) is 6.07 Å². The molecular formula is C18H29ClFN. The predicted octanol–water partition coefficient (Wildman–Crippen LogP) is 5.61. The van der Waals surface area contributed by atoms with Crippen molar-refractivity contribution in [2.24, 2.45) is 5.92 Å². The molecule has 0 radical (unpaired) electrons. The van der Waals surface area contributed by atoms with Crippen LogP contribution in [0.4, 0.5) is 4.39 Å². The van der Waals surface area contributed by atoms with Gasteiger partial charge in [0, 0.05) is 6.04 Å². The summed E-state index contributed by atoms with van der Waals surface area (Å²) in [6.07, 6.45) is 6.99. The summed E-state index contributed by atoms with van der Waals surface area (Å²) in [6, 6.07) is 5.54. The summed E-state index contributed by atoms with van der Waals surface area (Å²) in [6.45, 7) is 7.72. The van der Waals surface area contributed by atoms with Crippen LogP contribution in [0.3, 0.4) is 0 Å². The first-order valence-corrected chi connectivity index (χ1v) is 8.67. The Kier molecular flexibility index (Phi) is 8.94. The van der Waals surface area contributed by atoms with E-state index in [0.29, 0.717) is 12.0 Å². The van der Waals surface area contributed by atoms with Gasteiger partial charge in [0.25, 0.3) is 0 Å². The molecule has 0 aliphatic heterocycles. The van der Waals surface area contributed by atoms with Crippen LogP contribution in [-0.2, 0) is 6.42 Å². The fourth-order valence-electron chi connectivity index (χ4n) is 2.81. The molecule has 0 amide bonds. The molecule has 1 rings (SSSR count). The Hall–Kier alpha value is -0.600. The normalized spacial score (nSPS) is 14.1. The number of halogens is 2. The SMILES string of the molecule is CCCCC(CC)C(Cc1ccc(F)c(Cl)c1)NCCC. The maximum atomic E-state index is 13.3. The summed E-state index contributed by atoms with van der Waals surface area (Å²) >= 11 is 5.90. The van der Waals surface area contributed by atoms with E-state index in [1.807, 2.05) is 6.07 Å². The van der Waals surface area contributed by atoms with E-state index in [4.69, 9.17) is 11.6 Å². The van der Waals surface area contributed by atoms with Crippen molar-refractivity contribution in [2.45, 2.75) is 65.3 Å². The van der Waals surface area contributed by atoms with E-state index in [2.05, 4.69) is 26.1 Å². The van der Waals surface area contributed by atoms with Crippen molar-refractivity contribution in [1.29, 1.82) is 0 Å². The predicted molar refractivity (Wildman–Crippen MR) is 90.5 cm³/mol. The quantitative estimate of drug-likeness (QED) is 0.592. The standard InChI is InChI=1S/C18H29ClFN/c1-4-7-8-15(6-3)18(21-11-5-2)13-14-9-10-17(20)16(19)12-14/h9-10,12,15,18,21H,4-8,11,13H2,1-3H3. The Labute approximate surface area is 134 Å². The average Bonchev–Trinajstić information content (AvgIpc) is 2.48. The minimum Gasteiger partial charge on any atom is -0.313 e. The number of hydrogen-bond donors (Lipinski definition) is 1. The lowest BCUT2D eigenvalue weighted by atomic mass is 9.87. The van der Waals surface area contributed by atoms with E-state index in [9.17, 15) is 4.39 Å². The second-order valence-electron chi connectivity index (χ2n) is 5.82. The van der Waals surface area contributed by atoms with Crippen molar-refractivity contribution in [3.63, 3.8) is 0 Å². The summed E-state index contributed by atoms with van der Waals surface area (Å²) in [4.78, 5) is 0. The lowest BCUT2D eigenvalue weighted by Crippen LogP contribution is -2.38. The summed E-state index contributed by atoms with van der Waals surface area (Å²) in [5.74, 6) is 0.330. The van der Waals surface area contributed by atoms with Gasteiger partial charge >= 0.3 is 0 Å². The summed E-state index contributed by atoms with van der Waals surface area (Å²) in [5, 5.41) is 3.90. The second-order valence-corrected chi connectivity index (χ2v) is 6.23. The van der Waals surface area contributed by atoms with Gasteiger partial charge in [0.1, 0.15) is 5.82 Å². The number of hydrogen-bond acceptors (Lipinski definition) is 1. The fourth-order valence-corrected chi connectivity index (χ4v) is 3.02. The molecule has 0 spiro atoms. The maximum Gasteiger partial charge on any atom is 0.141 e. The smallest absolute Gasteiger partial charge is 0.141 e. The molecule has 0 saturated carbocycles. The van der Waals surface area contributed by atoms with Gasteiger partial charge in [0.15, 0.2) is 0 Å². The van der Waals surface area contributed by atoms with Crippen molar-refractivity contribution < 1.29 is 4.39 Å². The van der Waals surface area contributed by atoms with Crippen LogP contribution >= 0.6 is 11.6 Å². The highest BCUT2D eigenvalue weighted by Crippen LogP contribution is 2.23. The highest BCUT2D eigenvalue weighted by atomic mass is 35.5. The van der Waals surface area contributed by atoms with E-state index < -0.39 is 0 Å². The van der Waals surface area contributed by atoms with Crippen LogP contribution in [0.1, 0.15) is 58.4 Å². The van der Waals surface area contributed by atoms with Gasteiger partial charge in [-0.15, -0.1) is 0 Å². The van der Waals surface area contributed by atoms with Crippen molar-refractivity contribution in [3.05, 3.63) is 34.6 Å². The molecule has 0 heterocycles. The van der Waals surface area contributed by atoms with Gasteiger partial charge < -0.3 is 5.32 Å². The van der Waals surface area contributed by atoms with Crippen LogP contribution in [0, 0.1) is 11.7 Å². The molecule has 0 bridgehead atoms. The van der Waals surface area contributed by atoms with Gasteiger partial charge in [-0.05, 0) is 49.4 Å². The average molecular weight is 314 g/mol. The van der Waals surface area contributed by atoms with E-state index in [0.717, 1.165) is 24.9 Å². The third-order valence-electron chi connectivity index (χ3n) is 4.12. The van der Waals surface area contributed by atoms with Crippen LogP contribution in [0.5, 0.6) is 0 Å². The zero-order chi connectivity index (χ0) is 15.7. The fraction of sp³-hybridized carbons (Fsp3) is 0.667. The van der Waals surface area contributed by atoms with Crippen LogP contribution in [0.25, 0.3) is 0 Å². The molecule has 120 valence electrons. The van der Waals surface area contributed by atoms with E-state index >= 15 is 0 Å². The minimum absolute atomic E-state index is 0.225. The first-order valence-electron chi connectivity index (χ1n) is 8.29. The van der Waals surface area contributed by atoms with E-state index in [1.165, 1.54) is 31.7 Å². The van der Waals surface area contributed by atoms with Crippen molar-refractivity contribution >= 4 is 11.6 Å². The highest BCUT2D eigenvalue weighted by Gasteiger charge is 2.19. The van der Waals surface area contributed by atoms with Crippen molar-refractivity contribution in [3.8, 4) is 0 Å². The van der Waals surface area contributed by atoms with Crippen LogP contribution in [0.2, 0.25) is 5.02 Å². The monoisotopic (exact) mass is 313 g/mol. The Morgan fingerprint density at radius 1 is 1.19 bits per heavy atom. The Bertz CT molecular complexity index is 408. The van der Waals surface area contributed by atoms with Crippen molar-refractivity contribution in [1.82, 2.24) is 5.32 Å². The summed E-state index contributed by atoms with van der Waals surface area (Å²) < 4.78 is 13.3. The van der Waals surface area contributed by atoms with Gasteiger partial charge in [0.2, 0.25) is 0 Å². The first kappa shape index (κ1) is 18.4. The molecule has 21 heavy (non-hydrogen) atoms. The summed E-state index contributed by atoms with van der Waals surface area (Å²) in [5.41, 5.74) is 1.12. The number of benzene rings is 1. The largest absolute Gasteiger partial charge is 0.313 e. The topological polar surface area (TPSA) is 12.0 Å². The molecule has 1 nitrogen and oxygen atoms in total. The van der Waals surface area contributed by atoms with Crippen LogP contribution in [0.15, 0.2) is 18.2 Å². The maximum absolute atomic E-state index is 13.3. The third-order valence-corrected chi connectivity index (χ3v) is 4.41. The Morgan fingerprint density at radius 2 is 1.95 bits per heavy atom. The molecular weight excluding hydrogens is 285 g/mol. The molecule has 0 aromatic heterocycles. The van der Waals surface area contributed by atoms with Gasteiger partial charge in [-0.3, -0.25) is 0 Å². The van der Waals surface area contributed by atoms with Gasteiger partial charge in [-0.1, -0.05) is 57.7 Å². The zero-order valence-corrected chi connectivity index (χ0v) is 14.3. The second kappa shape index (κ2) is 10.2. The zero-order valence-electron chi connectivity index (χ0n) is 13.6. The number of unbranched alkanes of at least 4 members (excludes halogenated alkanes) is 1. The summed E-state index contributed by atoms with van der Waals surface area (Å²) in [7, 11) is 0. The Morgan fingerprint density at radius 3 is 2.52 bits per heavy atom. The third kappa shape index (κ3) is 6.36. The molecule has 0 saturated heterocycles. The molecule has 1 aromatic rings. The van der Waals surface area contributed by atoms with Gasteiger partial charge in [-0.2, -0.15) is 0 Å². The lowest BCUT2D eigenvalue weighted by Gasteiger charge is -2.28. The Balaban J connectivity index is 2.77. The molecule has 2 atom stereocenters. The van der Waals surface area contributed by atoms with Crippen LogP contribution in [-0.4, -0.2) is 12.6 Å². The molecule has 0 aliphatic rings. The van der Waals surface area contributed by atoms with Crippen LogP contribution < -0.4 is 5.32 Å². The molecule has 1 N–H and O–H groups in total. The lowest BCUT2D eigenvalue weighted by molar-refractivity contribution is 0.315. The number of nitrogens with one attached hydrogen (secondary N) is 1.